The molecule has 2 aromatic rings. The van der Waals surface area contributed by atoms with Crippen LogP contribution < -0.4 is 10.6 Å². The van der Waals surface area contributed by atoms with E-state index in [-0.39, 0.29) is 6.04 Å². The number of aryl methyl sites for hydroxylation is 1. The van der Waals surface area contributed by atoms with E-state index in [2.05, 4.69) is 36.9 Å². The number of aromatic nitrogens is 2. The van der Waals surface area contributed by atoms with Crippen molar-refractivity contribution in [2.75, 3.05) is 51.7 Å². The molecule has 0 saturated carbocycles. The predicted molar refractivity (Wildman–Crippen MR) is 111 cm³/mol. The molecule has 1 unspecified atom stereocenters. The summed E-state index contributed by atoms with van der Waals surface area (Å²) >= 11 is 5.98. The van der Waals surface area contributed by atoms with Gasteiger partial charge in [-0.1, -0.05) is 11.6 Å². The highest BCUT2D eigenvalue weighted by molar-refractivity contribution is 6.30. The van der Waals surface area contributed by atoms with Crippen LogP contribution in [0.5, 0.6) is 0 Å². The second-order valence-electron chi connectivity index (χ2n) is 7.08. The molecule has 1 saturated heterocycles. The molecule has 2 N–H and O–H groups in total. The number of halogens is 1. The lowest BCUT2D eigenvalue weighted by Crippen LogP contribution is -2.51. The zero-order chi connectivity index (χ0) is 19.4. The van der Waals surface area contributed by atoms with Crippen LogP contribution in [0.3, 0.4) is 0 Å². The number of likely N-dealkylation sites (N-methyl/N-ethyl adjacent to an activating group) is 1. The van der Waals surface area contributed by atoms with E-state index in [1.807, 2.05) is 50.4 Å². The van der Waals surface area contributed by atoms with E-state index >= 15 is 0 Å². The van der Waals surface area contributed by atoms with Crippen molar-refractivity contribution in [1.82, 2.24) is 19.6 Å². The fourth-order valence-corrected chi connectivity index (χ4v) is 3.43. The number of guanidine groups is 1. The largest absolute Gasteiger partial charge is 0.370 e. The van der Waals surface area contributed by atoms with Crippen molar-refractivity contribution in [3.05, 3.63) is 47.2 Å². The molecular weight excluding hydrogens is 362 g/mol. The Labute approximate surface area is 166 Å². The topological polar surface area (TPSA) is 65.9 Å². The number of nitrogens with two attached hydrogens (primary N) is 1. The third-order valence-electron chi connectivity index (χ3n) is 4.95. The highest BCUT2D eigenvalue weighted by Crippen LogP contribution is 2.20. The molecule has 1 atom stereocenters. The Morgan fingerprint density at radius 1 is 1.22 bits per heavy atom. The molecular formula is C19H28ClN7. The molecule has 146 valence electrons. The van der Waals surface area contributed by atoms with Crippen LogP contribution in [0.15, 0.2) is 41.7 Å². The summed E-state index contributed by atoms with van der Waals surface area (Å²) in [6.45, 7) is 4.16. The number of nitrogens with zero attached hydrogens (tertiary/aromatic N) is 6. The first-order valence-electron chi connectivity index (χ1n) is 9.14. The summed E-state index contributed by atoms with van der Waals surface area (Å²) in [5.74, 6) is 0.612. The van der Waals surface area contributed by atoms with Crippen LogP contribution in [0, 0.1) is 0 Å². The van der Waals surface area contributed by atoms with E-state index in [1.54, 1.807) is 0 Å². The van der Waals surface area contributed by atoms with Gasteiger partial charge < -0.3 is 20.4 Å². The van der Waals surface area contributed by atoms with Gasteiger partial charge in [0.05, 0.1) is 18.8 Å². The molecule has 1 aromatic heterocycles. The summed E-state index contributed by atoms with van der Waals surface area (Å²) in [5.41, 5.74) is 8.62. The summed E-state index contributed by atoms with van der Waals surface area (Å²) in [6, 6.07) is 8.14. The lowest BCUT2D eigenvalue weighted by molar-refractivity contribution is 0.304. The van der Waals surface area contributed by atoms with Crippen LogP contribution in [-0.2, 0) is 7.05 Å². The minimum absolute atomic E-state index is 0.160. The maximum Gasteiger partial charge on any atom is 0.191 e. The minimum Gasteiger partial charge on any atom is -0.370 e. The normalized spacial score (nSPS) is 16.9. The number of benzene rings is 1. The first kappa shape index (κ1) is 19.5. The quantitative estimate of drug-likeness (QED) is 0.624. The summed E-state index contributed by atoms with van der Waals surface area (Å²) in [7, 11) is 6.02. The number of hydrogen-bond donors (Lipinski definition) is 1. The first-order valence-corrected chi connectivity index (χ1v) is 9.52. The smallest absolute Gasteiger partial charge is 0.191 e. The summed E-state index contributed by atoms with van der Waals surface area (Å²) in [5, 5.41) is 5.03. The van der Waals surface area contributed by atoms with E-state index in [4.69, 9.17) is 17.3 Å². The van der Waals surface area contributed by atoms with Crippen molar-refractivity contribution >= 4 is 23.2 Å². The average Bonchev–Trinajstić information content (AvgIpc) is 3.08. The third-order valence-corrected chi connectivity index (χ3v) is 5.21. The fraction of sp³-hybridized carbons (Fsp3) is 0.474. The van der Waals surface area contributed by atoms with Crippen LogP contribution in [0.2, 0.25) is 5.02 Å². The van der Waals surface area contributed by atoms with E-state index < -0.39 is 0 Å². The van der Waals surface area contributed by atoms with Gasteiger partial charge in [0.15, 0.2) is 5.96 Å². The molecule has 0 radical (unpaired) electrons. The molecule has 8 heteroatoms. The Morgan fingerprint density at radius 3 is 2.44 bits per heavy atom. The van der Waals surface area contributed by atoms with Gasteiger partial charge in [-0.15, -0.1) is 0 Å². The molecule has 0 aliphatic carbocycles. The van der Waals surface area contributed by atoms with Crippen molar-refractivity contribution in [2.24, 2.45) is 17.8 Å². The third kappa shape index (κ3) is 4.93. The molecule has 3 rings (SSSR count). The van der Waals surface area contributed by atoms with Crippen LogP contribution in [0.4, 0.5) is 5.69 Å². The molecule has 0 amide bonds. The van der Waals surface area contributed by atoms with Gasteiger partial charge in [-0.05, 0) is 38.4 Å². The lowest BCUT2D eigenvalue weighted by atomic mass is 10.1. The number of aliphatic imine (C=N–C) groups is 1. The number of hydrogen-bond acceptors (Lipinski definition) is 4. The number of rotatable bonds is 5. The molecule has 1 aliphatic heterocycles. The summed E-state index contributed by atoms with van der Waals surface area (Å²) in [4.78, 5) is 11.3. The fourth-order valence-electron chi connectivity index (χ4n) is 3.30. The number of anilines is 1. The molecule has 0 bridgehead atoms. The van der Waals surface area contributed by atoms with Gasteiger partial charge in [0.1, 0.15) is 0 Å². The SMILES string of the molecule is CN(C)C(CN=C(N)N1CCN(c2ccc(Cl)cc2)CC1)c1cnn(C)c1. The Kier molecular flexibility index (Phi) is 6.23. The van der Waals surface area contributed by atoms with Crippen molar-refractivity contribution in [1.29, 1.82) is 0 Å². The molecule has 27 heavy (non-hydrogen) atoms. The Balaban J connectivity index is 1.57. The molecule has 1 aliphatic rings. The molecule has 7 nitrogen and oxygen atoms in total. The van der Waals surface area contributed by atoms with Gasteiger partial charge in [0, 0.05) is 55.7 Å². The van der Waals surface area contributed by atoms with E-state index in [0.717, 1.165) is 36.8 Å². The van der Waals surface area contributed by atoms with Crippen molar-refractivity contribution < 1.29 is 0 Å². The highest BCUT2D eigenvalue weighted by atomic mass is 35.5. The van der Waals surface area contributed by atoms with Crippen LogP contribution in [0.25, 0.3) is 0 Å². The Bertz CT molecular complexity index is 761. The van der Waals surface area contributed by atoms with Gasteiger partial charge in [-0.2, -0.15) is 5.10 Å². The second-order valence-corrected chi connectivity index (χ2v) is 7.51. The van der Waals surface area contributed by atoms with Gasteiger partial charge >= 0.3 is 0 Å². The molecule has 1 fully saturated rings. The summed E-state index contributed by atoms with van der Waals surface area (Å²) < 4.78 is 1.81. The maximum atomic E-state index is 6.28. The zero-order valence-electron chi connectivity index (χ0n) is 16.2. The van der Waals surface area contributed by atoms with Gasteiger partial charge in [-0.25, -0.2) is 0 Å². The van der Waals surface area contributed by atoms with Gasteiger partial charge in [0.2, 0.25) is 0 Å². The minimum atomic E-state index is 0.160. The van der Waals surface area contributed by atoms with E-state index in [1.165, 1.54) is 5.69 Å². The molecule has 0 spiro atoms. The monoisotopic (exact) mass is 389 g/mol. The van der Waals surface area contributed by atoms with Gasteiger partial charge in [0.25, 0.3) is 0 Å². The standard InChI is InChI=1S/C19H28ClN7/c1-24(2)18(15-12-23-25(3)14-15)13-22-19(21)27-10-8-26(9-11-27)17-6-4-16(20)5-7-17/h4-7,12,14,18H,8-11,13H2,1-3H3,(H2,21,22). The van der Waals surface area contributed by atoms with Crippen molar-refractivity contribution in [2.45, 2.75) is 6.04 Å². The van der Waals surface area contributed by atoms with Crippen molar-refractivity contribution in [3.8, 4) is 0 Å². The predicted octanol–water partition coefficient (Wildman–Crippen LogP) is 1.81. The van der Waals surface area contributed by atoms with Crippen LogP contribution in [-0.4, -0.2) is 72.4 Å². The Morgan fingerprint density at radius 2 is 1.89 bits per heavy atom. The van der Waals surface area contributed by atoms with Crippen LogP contribution >= 0.6 is 11.6 Å². The van der Waals surface area contributed by atoms with E-state index in [9.17, 15) is 0 Å². The lowest BCUT2D eigenvalue weighted by Gasteiger charge is -2.36. The summed E-state index contributed by atoms with van der Waals surface area (Å²) in [6.07, 6.45) is 3.92. The molecule has 1 aromatic carbocycles. The van der Waals surface area contributed by atoms with Gasteiger partial charge in [-0.3, -0.25) is 9.67 Å². The second kappa shape index (κ2) is 8.63. The number of piperazine rings is 1. The Hall–Kier alpha value is -2.25. The zero-order valence-corrected chi connectivity index (χ0v) is 17.0. The van der Waals surface area contributed by atoms with E-state index in [0.29, 0.717) is 12.5 Å². The maximum absolute atomic E-state index is 6.28. The average molecular weight is 390 g/mol. The van der Waals surface area contributed by atoms with Crippen molar-refractivity contribution in [3.63, 3.8) is 0 Å². The first-order chi connectivity index (χ1) is 12.9. The highest BCUT2D eigenvalue weighted by Gasteiger charge is 2.20. The van der Waals surface area contributed by atoms with Crippen LogP contribution in [0.1, 0.15) is 11.6 Å². The molecule has 2 heterocycles.